The molecule has 0 atom stereocenters. The molecule has 0 fully saturated rings. The van der Waals surface area contributed by atoms with Crippen LogP contribution in [0.5, 0.6) is 0 Å². The number of benzene rings is 1. The molecule has 0 aliphatic rings. The first kappa shape index (κ1) is 10.5. The third kappa shape index (κ3) is 1.99. The maximum absolute atomic E-state index is 13.7. The number of hydrogen-bond acceptors (Lipinski definition) is 1. The molecule has 4 heteroatoms. The van der Waals surface area contributed by atoms with Gasteiger partial charge in [0.05, 0.1) is 0 Å². The standard InChI is InChI=1S/C11H6F2N.Ti/c12-9-3-4-10(11(13)6-9)8-2-1-5-14-7-8;/h1-5,7H;. The van der Waals surface area contributed by atoms with Crippen LogP contribution in [0.1, 0.15) is 0 Å². The Morgan fingerprint density at radius 3 is 2.60 bits per heavy atom. The van der Waals surface area contributed by atoms with Gasteiger partial charge in [0.15, 0.2) is 0 Å². The molecule has 2 aromatic rings. The third-order valence-corrected chi connectivity index (χ3v) is 2.78. The van der Waals surface area contributed by atoms with Gasteiger partial charge in [-0.15, -0.1) is 0 Å². The summed E-state index contributed by atoms with van der Waals surface area (Å²) in [5.74, 6) is -1.05. The van der Waals surface area contributed by atoms with Crippen LogP contribution < -0.4 is 3.87 Å². The Kier molecular flexibility index (Phi) is 2.94. The zero-order chi connectivity index (χ0) is 10.8. The van der Waals surface area contributed by atoms with Gasteiger partial charge < -0.3 is 0 Å². The molecule has 1 nitrogen and oxygen atoms in total. The van der Waals surface area contributed by atoms with Gasteiger partial charge in [-0.05, 0) is 0 Å². The van der Waals surface area contributed by atoms with Gasteiger partial charge in [0, 0.05) is 0 Å². The van der Waals surface area contributed by atoms with Crippen LogP contribution in [0, 0.1) is 11.6 Å². The molecular weight excluding hydrogens is 232 g/mol. The molecule has 0 radical (unpaired) electrons. The van der Waals surface area contributed by atoms with E-state index in [0.717, 1.165) is 0 Å². The molecule has 0 unspecified atom stereocenters. The average molecular weight is 238 g/mol. The molecule has 0 aliphatic heterocycles. The fraction of sp³-hybridized carbons (Fsp3) is 0. The number of aromatic nitrogens is 1. The van der Waals surface area contributed by atoms with Crippen LogP contribution >= 0.6 is 0 Å². The van der Waals surface area contributed by atoms with Crippen molar-refractivity contribution in [1.82, 2.24) is 4.98 Å². The number of halogens is 2. The fourth-order valence-corrected chi connectivity index (χ4v) is 1.64. The van der Waals surface area contributed by atoms with Gasteiger partial charge in [0.1, 0.15) is 0 Å². The van der Waals surface area contributed by atoms with Crippen molar-refractivity contribution in [1.29, 1.82) is 0 Å². The van der Waals surface area contributed by atoms with Crippen molar-refractivity contribution in [2.24, 2.45) is 0 Å². The first-order chi connectivity index (χ1) is 7.20. The molecule has 0 saturated carbocycles. The van der Waals surface area contributed by atoms with Crippen molar-refractivity contribution in [2.75, 3.05) is 0 Å². The number of rotatable bonds is 1. The molecule has 15 heavy (non-hydrogen) atoms. The van der Waals surface area contributed by atoms with E-state index in [1.807, 2.05) is 0 Å². The normalized spacial score (nSPS) is 10.2. The first-order valence-electron chi connectivity index (χ1n) is 4.30. The van der Waals surface area contributed by atoms with E-state index in [4.69, 9.17) is 0 Å². The van der Waals surface area contributed by atoms with Crippen LogP contribution in [0.2, 0.25) is 0 Å². The molecule has 1 heterocycles. The van der Waals surface area contributed by atoms with E-state index in [9.17, 15) is 8.78 Å². The Morgan fingerprint density at radius 1 is 1.13 bits per heavy atom. The minimum absolute atomic E-state index is 0.0383. The van der Waals surface area contributed by atoms with Crippen LogP contribution in [0.15, 0.2) is 36.7 Å². The van der Waals surface area contributed by atoms with Gasteiger partial charge in [-0.3, -0.25) is 0 Å². The van der Waals surface area contributed by atoms with Crippen LogP contribution in [-0.2, 0) is 20.4 Å². The molecule has 1 aromatic carbocycles. The molecule has 0 aliphatic carbocycles. The van der Waals surface area contributed by atoms with E-state index in [2.05, 4.69) is 4.98 Å². The molecule has 0 spiro atoms. The number of hydrogen-bond donors (Lipinski definition) is 0. The molecule has 0 bridgehead atoms. The summed E-state index contributed by atoms with van der Waals surface area (Å²) < 4.78 is 26.7. The van der Waals surface area contributed by atoms with Crippen molar-refractivity contribution >= 4 is 3.87 Å². The second-order valence-electron chi connectivity index (χ2n) is 3.03. The summed E-state index contributed by atoms with van der Waals surface area (Å²) in [6.07, 6.45) is 3.16. The fourth-order valence-electron chi connectivity index (χ4n) is 1.30. The minimum atomic E-state index is -0.528. The van der Waals surface area contributed by atoms with Crippen molar-refractivity contribution in [3.05, 3.63) is 48.3 Å². The topological polar surface area (TPSA) is 12.9 Å². The van der Waals surface area contributed by atoms with Crippen molar-refractivity contribution in [2.45, 2.75) is 0 Å². The van der Waals surface area contributed by atoms with E-state index in [-0.39, 0.29) is 3.87 Å². The molecule has 0 saturated heterocycles. The monoisotopic (exact) mass is 238 g/mol. The van der Waals surface area contributed by atoms with E-state index < -0.39 is 11.6 Å². The molecule has 1 aromatic heterocycles. The second-order valence-corrected chi connectivity index (χ2v) is 3.81. The van der Waals surface area contributed by atoms with E-state index in [0.29, 0.717) is 11.1 Å². The van der Waals surface area contributed by atoms with Crippen molar-refractivity contribution in [3.63, 3.8) is 0 Å². The second kappa shape index (κ2) is 4.21. The summed E-state index contributed by atoms with van der Waals surface area (Å²) in [5, 5.41) is 0. The zero-order valence-electron chi connectivity index (χ0n) is 7.67. The van der Waals surface area contributed by atoms with Crippen LogP contribution in [0.4, 0.5) is 8.78 Å². The number of nitrogens with zero attached hydrogens (tertiary/aromatic N) is 1. The third-order valence-electron chi connectivity index (χ3n) is 2.06. The van der Waals surface area contributed by atoms with Crippen LogP contribution in [0.25, 0.3) is 11.1 Å². The molecule has 0 N–H and O–H groups in total. The van der Waals surface area contributed by atoms with Gasteiger partial charge in [-0.1, -0.05) is 0 Å². The van der Waals surface area contributed by atoms with Gasteiger partial charge in [0.2, 0.25) is 0 Å². The summed E-state index contributed by atoms with van der Waals surface area (Å²) >= 11 is 1.42. The van der Waals surface area contributed by atoms with Crippen LogP contribution in [-0.4, -0.2) is 4.98 Å². The summed E-state index contributed by atoms with van der Waals surface area (Å²) in [6.45, 7) is 0. The number of pyridine rings is 1. The van der Waals surface area contributed by atoms with Crippen LogP contribution in [0.3, 0.4) is 0 Å². The Bertz CT molecular complexity index is 485. The summed E-state index contributed by atoms with van der Waals surface area (Å²) in [4.78, 5) is 3.89. The van der Waals surface area contributed by atoms with E-state index in [1.54, 1.807) is 24.5 Å². The van der Waals surface area contributed by atoms with Gasteiger partial charge in [-0.2, -0.15) is 0 Å². The SMILES string of the molecule is Fc1ccc(-c2cccnc2)c(F)[c]1[Ti]. The molecule has 73 valence electrons. The molecule has 0 amide bonds. The van der Waals surface area contributed by atoms with Gasteiger partial charge in [-0.25, -0.2) is 0 Å². The van der Waals surface area contributed by atoms with Gasteiger partial charge >= 0.3 is 97.5 Å². The summed E-state index contributed by atoms with van der Waals surface area (Å²) in [7, 11) is 0. The Morgan fingerprint density at radius 2 is 1.93 bits per heavy atom. The zero-order valence-corrected chi connectivity index (χ0v) is 9.23. The molecular formula is C11H6F2NTi. The molecule has 2 rings (SSSR count). The average Bonchev–Trinajstić information content (AvgIpc) is 2.27. The van der Waals surface area contributed by atoms with E-state index in [1.165, 1.54) is 32.6 Å². The summed E-state index contributed by atoms with van der Waals surface area (Å²) in [6, 6.07) is 6.14. The maximum atomic E-state index is 13.7. The quantitative estimate of drug-likeness (QED) is 0.694. The van der Waals surface area contributed by atoms with E-state index >= 15 is 0 Å². The van der Waals surface area contributed by atoms with Crippen molar-refractivity contribution < 1.29 is 29.2 Å². The summed E-state index contributed by atoms with van der Waals surface area (Å²) in [5.41, 5.74) is 1.03. The predicted octanol–water partition coefficient (Wildman–Crippen LogP) is 2.20. The Balaban J connectivity index is 2.60. The van der Waals surface area contributed by atoms with Gasteiger partial charge in [0.25, 0.3) is 0 Å². The Labute approximate surface area is 97.6 Å². The first-order valence-corrected chi connectivity index (χ1v) is 5.08. The van der Waals surface area contributed by atoms with Crippen molar-refractivity contribution in [3.8, 4) is 11.1 Å². The predicted molar refractivity (Wildman–Crippen MR) is 49.2 cm³/mol. The Hall–Kier alpha value is -1.06.